The minimum absolute atomic E-state index is 0.646. The zero-order valence-electron chi connectivity index (χ0n) is 10.7. The van der Waals surface area contributed by atoms with Crippen molar-refractivity contribution in [2.24, 2.45) is 0 Å². The van der Waals surface area contributed by atoms with E-state index in [1.807, 2.05) is 25.1 Å². The summed E-state index contributed by atoms with van der Waals surface area (Å²) in [6, 6.07) is 6.01. The Labute approximate surface area is 103 Å². The number of hydrogen-bond donors (Lipinski definition) is 1. The van der Waals surface area contributed by atoms with Crippen molar-refractivity contribution in [2.75, 3.05) is 20.3 Å². The summed E-state index contributed by atoms with van der Waals surface area (Å²) in [5.41, 5.74) is 1.19. The van der Waals surface area contributed by atoms with Crippen molar-refractivity contribution < 1.29 is 9.47 Å². The molecule has 1 rings (SSSR count). The van der Waals surface area contributed by atoms with Crippen LogP contribution in [-0.4, -0.2) is 20.3 Å². The molecule has 17 heavy (non-hydrogen) atoms. The van der Waals surface area contributed by atoms with Gasteiger partial charge in [-0.2, -0.15) is 0 Å². The van der Waals surface area contributed by atoms with E-state index in [1.165, 1.54) is 5.56 Å². The highest BCUT2D eigenvalue weighted by molar-refractivity contribution is 5.42. The Kier molecular flexibility index (Phi) is 6.18. The molecule has 0 amide bonds. The third-order valence-electron chi connectivity index (χ3n) is 2.38. The molecule has 3 nitrogen and oxygen atoms in total. The van der Waals surface area contributed by atoms with E-state index in [9.17, 15) is 0 Å². The molecule has 0 radical (unpaired) electrons. The SMILES string of the molecule is C=CCCNCc1ccc(OCC)c(OC)c1. The van der Waals surface area contributed by atoms with Gasteiger partial charge in [-0.05, 0) is 37.6 Å². The van der Waals surface area contributed by atoms with E-state index in [-0.39, 0.29) is 0 Å². The van der Waals surface area contributed by atoms with Crippen LogP contribution in [0.15, 0.2) is 30.9 Å². The van der Waals surface area contributed by atoms with Crippen LogP contribution in [-0.2, 0) is 6.54 Å². The van der Waals surface area contributed by atoms with Gasteiger partial charge in [0.25, 0.3) is 0 Å². The third-order valence-corrected chi connectivity index (χ3v) is 2.38. The van der Waals surface area contributed by atoms with Crippen LogP contribution in [0.25, 0.3) is 0 Å². The maximum Gasteiger partial charge on any atom is 0.161 e. The molecule has 0 saturated heterocycles. The summed E-state index contributed by atoms with van der Waals surface area (Å²) in [6.45, 7) is 8.07. The first-order chi connectivity index (χ1) is 8.31. The van der Waals surface area contributed by atoms with E-state index in [0.717, 1.165) is 31.0 Å². The topological polar surface area (TPSA) is 30.5 Å². The Morgan fingerprint density at radius 1 is 1.35 bits per heavy atom. The first kappa shape index (κ1) is 13.6. The average Bonchev–Trinajstić information content (AvgIpc) is 2.36. The largest absolute Gasteiger partial charge is 0.493 e. The Bertz CT molecular complexity index is 350. The monoisotopic (exact) mass is 235 g/mol. The van der Waals surface area contributed by atoms with Crippen molar-refractivity contribution in [2.45, 2.75) is 19.9 Å². The third kappa shape index (κ3) is 4.49. The molecule has 0 saturated carbocycles. The van der Waals surface area contributed by atoms with Crippen LogP contribution in [0.5, 0.6) is 11.5 Å². The average molecular weight is 235 g/mol. The summed E-state index contributed by atoms with van der Waals surface area (Å²) < 4.78 is 10.8. The molecule has 3 heteroatoms. The predicted molar refractivity (Wildman–Crippen MR) is 70.7 cm³/mol. The molecule has 1 aromatic rings. The number of benzene rings is 1. The Morgan fingerprint density at radius 3 is 2.82 bits per heavy atom. The Hall–Kier alpha value is -1.48. The molecule has 0 bridgehead atoms. The van der Waals surface area contributed by atoms with Crippen LogP contribution in [0.3, 0.4) is 0 Å². The summed E-state index contributed by atoms with van der Waals surface area (Å²) in [5.74, 6) is 1.58. The second kappa shape index (κ2) is 7.74. The highest BCUT2D eigenvalue weighted by Gasteiger charge is 2.04. The lowest BCUT2D eigenvalue weighted by Crippen LogP contribution is -2.14. The molecule has 0 aliphatic carbocycles. The first-order valence-corrected chi connectivity index (χ1v) is 5.93. The molecule has 0 fully saturated rings. The second-order valence-electron chi connectivity index (χ2n) is 3.67. The highest BCUT2D eigenvalue weighted by Crippen LogP contribution is 2.27. The van der Waals surface area contributed by atoms with Crippen LogP contribution in [0.2, 0.25) is 0 Å². The molecular formula is C14H21NO2. The molecule has 0 spiro atoms. The zero-order valence-corrected chi connectivity index (χ0v) is 10.7. The van der Waals surface area contributed by atoms with Crippen molar-refractivity contribution in [1.82, 2.24) is 5.32 Å². The number of nitrogens with one attached hydrogen (secondary N) is 1. The zero-order chi connectivity index (χ0) is 12.5. The summed E-state index contributed by atoms with van der Waals surface area (Å²) >= 11 is 0. The van der Waals surface area contributed by atoms with Gasteiger partial charge in [0.15, 0.2) is 11.5 Å². The van der Waals surface area contributed by atoms with Crippen LogP contribution >= 0.6 is 0 Å². The fourth-order valence-corrected chi connectivity index (χ4v) is 1.53. The lowest BCUT2D eigenvalue weighted by Gasteiger charge is -2.11. The van der Waals surface area contributed by atoms with E-state index in [2.05, 4.69) is 18.0 Å². The van der Waals surface area contributed by atoms with Gasteiger partial charge in [-0.15, -0.1) is 6.58 Å². The van der Waals surface area contributed by atoms with Crippen LogP contribution in [0.1, 0.15) is 18.9 Å². The molecule has 1 N–H and O–H groups in total. The minimum atomic E-state index is 0.646. The van der Waals surface area contributed by atoms with Gasteiger partial charge < -0.3 is 14.8 Å². The van der Waals surface area contributed by atoms with Crippen LogP contribution < -0.4 is 14.8 Å². The molecule has 0 unspecified atom stereocenters. The van der Waals surface area contributed by atoms with Gasteiger partial charge in [0.2, 0.25) is 0 Å². The van der Waals surface area contributed by atoms with E-state index >= 15 is 0 Å². The van der Waals surface area contributed by atoms with E-state index in [0.29, 0.717) is 6.61 Å². The molecule has 0 aliphatic heterocycles. The predicted octanol–water partition coefficient (Wildman–Crippen LogP) is 2.76. The fraction of sp³-hybridized carbons (Fsp3) is 0.429. The normalized spacial score (nSPS) is 10.0. The lowest BCUT2D eigenvalue weighted by atomic mass is 10.2. The molecule has 0 atom stereocenters. The molecule has 0 heterocycles. The standard InChI is InChI=1S/C14H21NO2/c1-4-6-9-15-11-12-7-8-13(17-5-2)14(10-12)16-3/h4,7-8,10,15H,1,5-6,9,11H2,2-3H3. The fourth-order valence-electron chi connectivity index (χ4n) is 1.53. The Balaban J connectivity index is 2.58. The van der Waals surface area contributed by atoms with Crippen LogP contribution in [0, 0.1) is 0 Å². The molecular weight excluding hydrogens is 214 g/mol. The summed E-state index contributed by atoms with van der Waals surface area (Å²) in [7, 11) is 1.66. The van der Waals surface area contributed by atoms with Crippen molar-refractivity contribution in [3.05, 3.63) is 36.4 Å². The molecule has 94 valence electrons. The van der Waals surface area contributed by atoms with Gasteiger partial charge in [0, 0.05) is 6.54 Å². The summed E-state index contributed by atoms with van der Waals surface area (Å²) in [6.07, 6.45) is 2.89. The molecule has 0 aliphatic rings. The van der Waals surface area contributed by atoms with Gasteiger partial charge in [0.05, 0.1) is 13.7 Å². The smallest absolute Gasteiger partial charge is 0.161 e. The van der Waals surface area contributed by atoms with Gasteiger partial charge in [0.1, 0.15) is 0 Å². The van der Waals surface area contributed by atoms with Gasteiger partial charge in [-0.25, -0.2) is 0 Å². The quantitative estimate of drug-likeness (QED) is 0.555. The Morgan fingerprint density at radius 2 is 2.18 bits per heavy atom. The van der Waals surface area contributed by atoms with Gasteiger partial charge in [-0.3, -0.25) is 0 Å². The van der Waals surface area contributed by atoms with Crippen molar-refractivity contribution >= 4 is 0 Å². The second-order valence-corrected chi connectivity index (χ2v) is 3.67. The van der Waals surface area contributed by atoms with Crippen molar-refractivity contribution in [1.29, 1.82) is 0 Å². The number of methoxy groups -OCH3 is 1. The van der Waals surface area contributed by atoms with Gasteiger partial charge in [-0.1, -0.05) is 12.1 Å². The number of rotatable bonds is 8. The molecule has 1 aromatic carbocycles. The summed E-state index contributed by atoms with van der Waals surface area (Å²) in [5, 5.41) is 3.34. The van der Waals surface area contributed by atoms with Crippen molar-refractivity contribution in [3.63, 3.8) is 0 Å². The number of hydrogen-bond acceptors (Lipinski definition) is 3. The number of ether oxygens (including phenoxy) is 2. The highest BCUT2D eigenvalue weighted by atomic mass is 16.5. The molecule has 0 aromatic heterocycles. The van der Waals surface area contributed by atoms with Gasteiger partial charge >= 0.3 is 0 Å². The van der Waals surface area contributed by atoms with E-state index in [4.69, 9.17) is 9.47 Å². The lowest BCUT2D eigenvalue weighted by molar-refractivity contribution is 0.310. The van der Waals surface area contributed by atoms with E-state index in [1.54, 1.807) is 7.11 Å². The summed E-state index contributed by atoms with van der Waals surface area (Å²) in [4.78, 5) is 0. The van der Waals surface area contributed by atoms with Crippen molar-refractivity contribution in [3.8, 4) is 11.5 Å². The maximum atomic E-state index is 5.47. The van der Waals surface area contributed by atoms with Crippen LogP contribution in [0.4, 0.5) is 0 Å². The van der Waals surface area contributed by atoms with E-state index < -0.39 is 0 Å². The maximum absolute atomic E-state index is 5.47. The first-order valence-electron chi connectivity index (χ1n) is 5.93. The minimum Gasteiger partial charge on any atom is -0.493 e.